The fourth-order valence-corrected chi connectivity index (χ4v) is 1.68. The summed E-state index contributed by atoms with van der Waals surface area (Å²) in [4.78, 5) is 0. The molecule has 4 heteroatoms. The molecule has 0 unspecified atom stereocenters. The summed E-state index contributed by atoms with van der Waals surface area (Å²) in [5.74, 6) is 0.150. The third-order valence-electron chi connectivity index (χ3n) is 2.36. The van der Waals surface area contributed by atoms with Gasteiger partial charge in [0.15, 0.2) is 0 Å². The van der Waals surface area contributed by atoms with Crippen LogP contribution in [-0.4, -0.2) is 26.6 Å². The predicted octanol–water partition coefficient (Wildman–Crippen LogP) is 0.637. The maximum atomic E-state index is 9.60. The molecule has 1 radical (unpaired) electrons. The van der Waals surface area contributed by atoms with Crippen molar-refractivity contribution in [1.82, 2.24) is 15.4 Å². The monoisotopic (exact) mass is 166 g/mol. The van der Waals surface area contributed by atoms with Crippen LogP contribution in [0.3, 0.4) is 0 Å². The molecule has 1 aromatic heterocycles. The minimum Gasteiger partial charge on any atom is -0.392 e. The predicted molar refractivity (Wildman–Crippen MR) is 43.3 cm³/mol. The molecule has 2 N–H and O–H groups in total. The fraction of sp³-hybridized carbons (Fsp3) is 0.625. The van der Waals surface area contributed by atoms with Gasteiger partial charge in [-0.15, -0.1) is 5.10 Å². The first-order valence-corrected chi connectivity index (χ1v) is 4.25. The highest BCUT2D eigenvalue weighted by molar-refractivity contribution is 5.08. The lowest BCUT2D eigenvalue weighted by atomic mass is 9.85. The third-order valence-corrected chi connectivity index (χ3v) is 2.36. The van der Waals surface area contributed by atoms with Gasteiger partial charge >= 0.3 is 0 Å². The second-order valence-electron chi connectivity index (χ2n) is 3.16. The summed E-state index contributed by atoms with van der Waals surface area (Å²) in [5, 5.41) is 19.8. The topological polar surface area (TPSA) is 61.8 Å². The van der Waals surface area contributed by atoms with E-state index in [0.29, 0.717) is 0 Å². The normalized spacial score (nSPS) is 30.4. The van der Waals surface area contributed by atoms with Crippen LogP contribution in [0.2, 0.25) is 0 Å². The molecule has 0 amide bonds. The van der Waals surface area contributed by atoms with Crippen LogP contribution in [0.25, 0.3) is 0 Å². The van der Waals surface area contributed by atoms with Gasteiger partial charge in [0.05, 0.1) is 11.8 Å². The standard InChI is InChI=1S/C8H12N3O/c12-8-4-2-1-3-6(8)7-5-9-11-10-7/h4-6,8,12H,1-3H2,(H,9,10,11)/t6-,8+/m0/s1. The lowest BCUT2D eigenvalue weighted by Gasteiger charge is -2.25. The van der Waals surface area contributed by atoms with E-state index in [4.69, 9.17) is 0 Å². The number of aliphatic hydroxyl groups is 1. The first kappa shape index (κ1) is 7.73. The van der Waals surface area contributed by atoms with Crippen LogP contribution in [0, 0.1) is 6.42 Å². The van der Waals surface area contributed by atoms with Gasteiger partial charge in [-0.25, -0.2) is 0 Å². The molecule has 2 rings (SSSR count). The quantitative estimate of drug-likeness (QED) is 0.643. The van der Waals surface area contributed by atoms with Gasteiger partial charge in [-0.05, 0) is 19.3 Å². The Morgan fingerprint density at radius 2 is 2.50 bits per heavy atom. The summed E-state index contributed by atoms with van der Waals surface area (Å²) in [6, 6.07) is 0. The zero-order valence-corrected chi connectivity index (χ0v) is 6.77. The summed E-state index contributed by atoms with van der Waals surface area (Å²) in [6.07, 6.45) is 6.51. The molecular formula is C8H12N3O. The van der Waals surface area contributed by atoms with Crippen molar-refractivity contribution in [1.29, 1.82) is 0 Å². The van der Waals surface area contributed by atoms with Gasteiger partial charge in [-0.1, -0.05) is 11.6 Å². The van der Waals surface area contributed by atoms with E-state index in [0.717, 1.165) is 25.0 Å². The summed E-state index contributed by atoms with van der Waals surface area (Å²) >= 11 is 0. The van der Waals surface area contributed by atoms with E-state index in [-0.39, 0.29) is 12.0 Å². The summed E-state index contributed by atoms with van der Waals surface area (Å²) in [5.41, 5.74) is 0.874. The van der Waals surface area contributed by atoms with Crippen LogP contribution in [-0.2, 0) is 0 Å². The van der Waals surface area contributed by atoms with E-state index < -0.39 is 0 Å². The molecule has 0 aromatic carbocycles. The average molecular weight is 166 g/mol. The molecule has 1 saturated carbocycles. The van der Waals surface area contributed by atoms with Crippen LogP contribution in [0.15, 0.2) is 6.20 Å². The SMILES string of the molecule is O[C@@H]1[CH]CCC[C@H]1c1c[nH]nn1. The number of H-pyrrole nitrogens is 1. The molecule has 4 nitrogen and oxygen atoms in total. The minimum atomic E-state index is -0.344. The Morgan fingerprint density at radius 1 is 1.58 bits per heavy atom. The largest absolute Gasteiger partial charge is 0.392 e. The molecule has 2 atom stereocenters. The number of nitrogens with one attached hydrogen (secondary N) is 1. The highest BCUT2D eigenvalue weighted by Gasteiger charge is 2.26. The first-order chi connectivity index (χ1) is 5.88. The summed E-state index contributed by atoms with van der Waals surface area (Å²) in [7, 11) is 0. The highest BCUT2D eigenvalue weighted by Crippen LogP contribution is 2.30. The maximum absolute atomic E-state index is 9.60. The number of rotatable bonds is 1. The summed E-state index contributed by atoms with van der Waals surface area (Å²) < 4.78 is 0. The highest BCUT2D eigenvalue weighted by atomic mass is 16.3. The Balaban J connectivity index is 2.11. The van der Waals surface area contributed by atoms with Crippen molar-refractivity contribution in [3.8, 4) is 0 Å². The van der Waals surface area contributed by atoms with Crippen LogP contribution >= 0.6 is 0 Å². The maximum Gasteiger partial charge on any atom is 0.0881 e. The molecule has 1 aliphatic carbocycles. The molecule has 65 valence electrons. The fourth-order valence-electron chi connectivity index (χ4n) is 1.68. The van der Waals surface area contributed by atoms with Gasteiger partial charge in [-0.2, -0.15) is 0 Å². The van der Waals surface area contributed by atoms with Gasteiger partial charge in [0.1, 0.15) is 0 Å². The van der Waals surface area contributed by atoms with E-state index in [1.807, 2.05) is 6.42 Å². The van der Waals surface area contributed by atoms with Gasteiger partial charge in [0.25, 0.3) is 0 Å². The van der Waals surface area contributed by atoms with Crippen LogP contribution in [0.5, 0.6) is 0 Å². The van der Waals surface area contributed by atoms with Crippen molar-refractivity contribution in [3.05, 3.63) is 18.3 Å². The smallest absolute Gasteiger partial charge is 0.0881 e. The van der Waals surface area contributed by atoms with Crippen molar-refractivity contribution in [3.63, 3.8) is 0 Å². The van der Waals surface area contributed by atoms with Crippen LogP contribution in [0.1, 0.15) is 30.9 Å². The van der Waals surface area contributed by atoms with E-state index in [2.05, 4.69) is 15.4 Å². The van der Waals surface area contributed by atoms with E-state index >= 15 is 0 Å². The number of aromatic nitrogens is 3. The Bertz CT molecular complexity index is 234. The lowest BCUT2D eigenvalue weighted by Crippen LogP contribution is -2.23. The number of hydrogen-bond donors (Lipinski definition) is 2. The van der Waals surface area contributed by atoms with Crippen LogP contribution < -0.4 is 0 Å². The zero-order chi connectivity index (χ0) is 8.39. The Morgan fingerprint density at radius 3 is 3.17 bits per heavy atom. The molecule has 0 aliphatic heterocycles. The van der Waals surface area contributed by atoms with Gasteiger partial charge in [0.2, 0.25) is 0 Å². The second-order valence-corrected chi connectivity index (χ2v) is 3.16. The van der Waals surface area contributed by atoms with Gasteiger partial charge < -0.3 is 5.11 Å². The van der Waals surface area contributed by atoms with E-state index in [1.165, 1.54) is 0 Å². The lowest BCUT2D eigenvalue weighted by molar-refractivity contribution is 0.147. The molecule has 1 heterocycles. The number of nitrogens with zero attached hydrogens (tertiary/aromatic N) is 2. The van der Waals surface area contributed by atoms with E-state index in [1.54, 1.807) is 6.20 Å². The third kappa shape index (κ3) is 1.34. The zero-order valence-electron chi connectivity index (χ0n) is 6.77. The number of aliphatic hydroxyl groups excluding tert-OH is 1. The molecule has 1 aromatic rings. The molecule has 12 heavy (non-hydrogen) atoms. The molecule has 1 fully saturated rings. The average Bonchev–Trinajstić information content (AvgIpc) is 2.57. The Labute approximate surface area is 71.0 Å². The Kier molecular flexibility index (Phi) is 2.08. The number of hydrogen-bond acceptors (Lipinski definition) is 3. The molecule has 0 spiro atoms. The van der Waals surface area contributed by atoms with Gasteiger partial charge in [0, 0.05) is 12.1 Å². The van der Waals surface area contributed by atoms with E-state index in [9.17, 15) is 5.11 Å². The van der Waals surface area contributed by atoms with Crippen molar-refractivity contribution in [2.24, 2.45) is 0 Å². The number of aromatic amines is 1. The molecule has 0 bridgehead atoms. The summed E-state index contributed by atoms with van der Waals surface area (Å²) in [6.45, 7) is 0. The molecule has 1 aliphatic rings. The minimum absolute atomic E-state index is 0.150. The second kappa shape index (κ2) is 3.23. The van der Waals surface area contributed by atoms with Crippen molar-refractivity contribution in [2.75, 3.05) is 0 Å². The van der Waals surface area contributed by atoms with Gasteiger partial charge in [-0.3, -0.25) is 5.10 Å². The molecule has 0 saturated heterocycles. The van der Waals surface area contributed by atoms with Crippen LogP contribution in [0.4, 0.5) is 0 Å². The van der Waals surface area contributed by atoms with Crippen molar-refractivity contribution < 1.29 is 5.11 Å². The molecular weight excluding hydrogens is 154 g/mol. The first-order valence-electron chi connectivity index (χ1n) is 4.25. The Hall–Kier alpha value is -0.900. The van der Waals surface area contributed by atoms with Crippen molar-refractivity contribution in [2.45, 2.75) is 31.3 Å². The van der Waals surface area contributed by atoms with Crippen molar-refractivity contribution >= 4 is 0 Å².